The molecule has 0 fully saturated rings. The number of hydrogen-bond donors (Lipinski definition) is 0. The first-order valence-electron chi connectivity index (χ1n) is 8.71. The molecule has 0 saturated heterocycles. The summed E-state index contributed by atoms with van der Waals surface area (Å²) in [5.74, 6) is 0.0177. The van der Waals surface area contributed by atoms with E-state index >= 15 is 0 Å². The van der Waals surface area contributed by atoms with Crippen molar-refractivity contribution in [2.24, 2.45) is 0 Å². The van der Waals surface area contributed by atoms with Crippen molar-refractivity contribution in [1.29, 1.82) is 0 Å². The lowest BCUT2D eigenvalue weighted by atomic mass is 9.87. The zero-order valence-corrected chi connectivity index (χ0v) is 16.6. The lowest BCUT2D eigenvalue weighted by Crippen LogP contribution is -2.28. The molecule has 0 amide bonds. The molecular weight excluding hydrogens is 396 g/mol. The number of rotatable bonds is 6. The Bertz CT molecular complexity index is 829. The van der Waals surface area contributed by atoms with Gasteiger partial charge >= 0.3 is 0 Å². The van der Waals surface area contributed by atoms with Crippen LogP contribution in [-0.4, -0.2) is 22.9 Å². The van der Waals surface area contributed by atoms with Gasteiger partial charge in [-0.3, -0.25) is 9.59 Å². The summed E-state index contributed by atoms with van der Waals surface area (Å²) in [6.45, 7) is 5.94. The normalized spacial score (nSPS) is 17.1. The third kappa shape index (κ3) is 3.46. The minimum absolute atomic E-state index is 0.0929. The van der Waals surface area contributed by atoms with Gasteiger partial charge in [0.1, 0.15) is 10.8 Å². The van der Waals surface area contributed by atoms with Gasteiger partial charge in [0.15, 0.2) is 5.78 Å². The van der Waals surface area contributed by atoms with Gasteiger partial charge in [0.2, 0.25) is 5.78 Å². The summed E-state index contributed by atoms with van der Waals surface area (Å²) in [5.41, 5.74) is 2.13. The van der Waals surface area contributed by atoms with E-state index in [0.29, 0.717) is 28.9 Å². The Balaban J connectivity index is 2.09. The van der Waals surface area contributed by atoms with E-state index in [1.54, 1.807) is 18.2 Å². The quantitative estimate of drug-likeness (QED) is 0.485. The Morgan fingerprint density at radius 3 is 2.50 bits per heavy atom. The molecule has 4 nitrogen and oxygen atoms in total. The Morgan fingerprint density at radius 1 is 1.19 bits per heavy atom. The fraction of sp³-hybridized carbons (Fsp3) is 0.333. The number of alkyl halides is 1. The predicted octanol–water partition coefficient (Wildman–Crippen LogP) is 5.09. The first-order valence-corrected chi connectivity index (χ1v) is 9.62. The molecule has 0 saturated carbocycles. The van der Waals surface area contributed by atoms with Gasteiger partial charge < -0.3 is 9.47 Å². The number of halogens is 1. The minimum atomic E-state index is -1.03. The lowest BCUT2D eigenvalue weighted by molar-refractivity contribution is -0.0563. The lowest BCUT2D eigenvalue weighted by Gasteiger charge is -2.14. The molecule has 0 spiro atoms. The highest BCUT2D eigenvalue weighted by atomic mass is 79.9. The summed E-state index contributed by atoms with van der Waals surface area (Å²) in [7, 11) is 0. The zero-order chi connectivity index (χ0) is 18.8. The Kier molecular flexibility index (Phi) is 5.58. The molecule has 0 bridgehead atoms. The summed E-state index contributed by atoms with van der Waals surface area (Å²) in [6, 6.07) is 12.6. The molecule has 1 heterocycles. The van der Waals surface area contributed by atoms with Crippen molar-refractivity contribution < 1.29 is 19.1 Å². The van der Waals surface area contributed by atoms with Crippen LogP contribution in [0, 0.1) is 0 Å². The van der Waals surface area contributed by atoms with Gasteiger partial charge in [0, 0.05) is 11.1 Å². The van der Waals surface area contributed by atoms with Gasteiger partial charge in [-0.25, -0.2) is 0 Å². The van der Waals surface area contributed by atoms with Crippen LogP contribution < -0.4 is 4.74 Å². The van der Waals surface area contributed by atoms with Crippen molar-refractivity contribution in [1.82, 2.24) is 0 Å². The molecule has 3 rings (SSSR count). The van der Waals surface area contributed by atoms with E-state index in [1.165, 1.54) is 0 Å². The van der Waals surface area contributed by atoms with Crippen LogP contribution >= 0.6 is 15.9 Å². The fourth-order valence-electron chi connectivity index (χ4n) is 3.01. The molecule has 2 aromatic rings. The summed E-state index contributed by atoms with van der Waals surface area (Å²) >= 11 is 3.36. The van der Waals surface area contributed by atoms with E-state index in [9.17, 15) is 9.59 Å². The number of ether oxygens (including phenoxy) is 2. The van der Waals surface area contributed by atoms with Gasteiger partial charge in [0.05, 0.1) is 5.56 Å². The molecule has 1 aliphatic heterocycles. The molecule has 0 aliphatic carbocycles. The molecule has 0 radical (unpaired) electrons. The number of carbonyl (C=O) groups is 2. The van der Waals surface area contributed by atoms with Gasteiger partial charge in [0.25, 0.3) is 6.29 Å². The second kappa shape index (κ2) is 7.72. The average Bonchev–Trinajstić information content (AvgIpc) is 2.96. The van der Waals surface area contributed by atoms with Crippen LogP contribution in [0.4, 0.5) is 0 Å². The molecular formula is C21H21BrO4. The Hall–Kier alpha value is -1.98. The number of ketones is 2. The van der Waals surface area contributed by atoms with Gasteiger partial charge in [-0.2, -0.15) is 0 Å². The SMILES string of the molecule is CCC(Br)OC1Oc2ccc(C(C)C)c(C(=O)c3ccccc3)c2C1=O. The summed E-state index contributed by atoms with van der Waals surface area (Å²) in [6.07, 6.45) is -0.338. The predicted molar refractivity (Wildman–Crippen MR) is 103 cm³/mol. The first kappa shape index (κ1) is 18.8. The van der Waals surface area contributed by atoms with Crippen LogP contribution in [0.2, 0.25) is 0 Å². The molecule has 26 heavy (non-hydrogen) atoms. The number of fused-ring (bicyclic) bond motifs is 1. The number of benzene rings is 2. The standard InChI is InChI=1S/C21H21BrO4/c1-4-16(22)26-21-20(24)18-15(25-21)11-10-14(12(2)3)17(18)19(23)13-8-6-5-7-9-13/h5-12,16,21H,4H2,1-3H3. The van der Waals surface area contributed by atoms with Gasteiger partial charge in [-0.05, 0) is 24.0 Å². The van der Waals surface area contributed by atoms with Crippen LogP contribution in [0.15, 0.2) is 42.5 Å². The highest BCUT2D eigenvalue weighted by molar-refractivity contribution is 9.09. The molecule has 2 atom stereocenters. The highest BCUT2D eigenvalue weighted by Crippen LogP contribution is 2.38. The van der Waals surface area contributed by atoms with E-state index in [2.05, 4.69) is 15.9 Å². The van der Waals surface area contributed by atoms with Gasteiger partial charge in [-0.1, -0.05) is 73.1 Å². The average molecular weight is 417 g/mol. The van der Waals surface area contributed by atoms with Crippen LogP contribution in [0.25, 0.3) is 0 Å². The number of Topliss-reactive ketones (excluding diaryl/α,β-unsaturated/α-hetero) is 1. The van der Waals surface area contributed by atoms with Crippen molar-refractivity contribution in [3.63, 3.8) is 0 Å². The van der Waals surface area contributed by atoms with Crippen molar-refractivity contribution in [3.8, 4) is 5.75 Å². The van der Waals surface area contributed by atoms with Crippen molar-refractivity contribution in [2.75, 3.05) is 0 Å². The summed E-state index contributed by atoms with van der Waals surface area (Å²) in [4.78, 5) is 26.2. The number of carbonyl (C=O) groups excluding carboxylic acids is 2. The first-order chi connectivity index (χ1) is 12.4. The third-order valence-electron chi connectivity index (χ3n) is 4.37. The molecule has 1 aliphatic rings. The molecule has 2 aromatic carbocycles. The topological polar surface area (TPSA) is 52.6 Å². The zero-order valence-electron chi connectivity index (χ0n) is 15.0. The van der Waals surface area contributed by atoms with Crippen molar-refractivity contribution >= 4 is 27.5 Å². The largest absolute Gasteiger partial charge is 0.456 e. The van der Waals surface area contributed by atoms with E-state index in [0.717, 1.165) is 5.56 Å². The van der Waals surface area contributed by atoms with E-state index < -0.39 is 6.29 Å². The molecule has 2 unspecified atom stereocenters. The Labute approximate surface area is 161 Å². The summed E-state index contributed by atoms with van der Waals surface area (Å²) in [5, 5.41) is -0.288. The maximum atomic E-state index is 13.2. The van der Waals surface area contributed by atoms with E-state index in [1.807, 2.05) is 45.0 Å². The molecule has 0 N–H and O–H groups in total. The Morgan fingerprint density at radius 2 is 1.88 bits per heavy atom. The molecule has 0 aromatic heterocycles. The van der Waals surface area contributed by atoms with Crippen LogP contribution in [-0.2, 0) is 4.74 Å². The van der Waals surface area contributed by atoms with Crippen molar-refractivity contribution in [3.05, 3.63) is 64.7 Å². The maximum Gasteiger partial charge on any atom is 0.265 e. The second-order valence-corrected chi connectivity index (χ2v) is 7.54. The van der Waals surface area contributed by atoms with Gasteiger partial charge in [-0.15, -0.1) is 0 Å². The van der Waals surface area contributed by atoms with Crippen molar-refractivity contribution in [2.45, 2.75) is 44.4 Å². The fourth-order valence-corrected chi connectivity index (χ4v) is 3.20. The second-order valence-electron chi connectivity index (χ2n) is 6.52. The summed E-state index contributed by atoms with van der Waals surface area (Å²) < 4.78 is 11.3. The third-order valence-corrected chi connectivity index (χ3v) is 5.23. The van der Waals surface area contributed by atoms with Crippen LogP contribution in [0.3, 0.4) is 0 Å². The van der Waals surface area contributed by atoms with E-state index in [-0.39, 0.29) is 22.5 Å². The maximum absolute atomic E-state index is 13.2. The smallest absolute Gasteiger partial charge is 0.265 e. The molecule has 5 heteroatoms. The number of hydrogen-bond acceptors (Lipinski definition) is 4. The minimum Gasteiger partial charge on any atom is -0.456 e. The monoisotopic (exact) mass is 416 g/mol. The molecule has 136 valence electrons. The van der Waals surface area contributed by atoms with E-state index in [4.69, 9.17) is 9.47 Å². The van der Waals surface area contributed by atoms with Crippen LogP contribution in [0.1, 0.15) is 65.0 Å². The van der Waals surface area contributed by atoms with Crippen LogP contribution in [0.5, 0.6) is 5.75 Å². The highest BCUT2D eigenvalue weighted by Gasteiger charge is 2.39.